The molecule has 2 N–H and O–H groups in total. The number of thioether (sulfide) groups is 1. The number of hydrogen-bond donors (Lipinski definition) is 1. The fourth-order valence-electron chi connectivity index (χ4n) is 7.88. The Bertz CT molecular complexity index is 1740. The Labute approximate surface area is 285 Å². The Hall–Kier alpha value is -3.31. The Kier molecular flexibility index (Phi) is 8.67. The zero-order chi connectivity index (χ0) is 34.0. The van der Waals surface area contributed by atoms with Crippen LogP contribution >= 0.6 is 11.8 Å². The normalized spacial score (nSPS) is 27.6. The predicted octanol–water partition coefficient (Wildman–Crippen LogP) is 5.03. The highest BCUT2D eigenvalue weighted by molar-refractivity contribution is 8.04. The molecule has 48 heavy (non-hydrogen) atoms. The van der Waals surface area contributed by atoms with Crippen molar-refractivity contribution in [2.45, 2.75) is 68.9 Å². The van der Waals surface area contributed by atoms with E-state index >= 15 is 4.39 Å². The molecular weight excluding hydrogens is 635 g/mol. The number of anilines is 1. The van der Waals surface area contributed by atoms with Crippen LogP contribution in [0.3, 0.4) is 0 Å². The van der Waals surface area contributed by atoms with Gasteiger partial charge in [0.15, 0.2) is 5.82 Å². The molecule has 0 bridgehead atoms. The summed E-state index contributed by atoms with van der Waals surface area (Å²) in [6.07, 6.45) is 10.1. The molecule has 2 saturated carbocycles. The number of ether oxygens (including phenoxy) is 2. The second kappa shape index (κ2) is 12.5. The van der Waals surface area contributed by atoms with Gasteiger partial charge in [0.1, 0.15) is 22.9 Å². The largest absolute Gasteiger partial charge is 0.463 e. The molecule has 4 heterocycles. The third-order valence-corrected chi connectivity index (χ3v) is 12.1. The van der Waals surface area contributed by atoms with Crippen molar-refractivity contribution in [2.24, 2.45) is 17.1 Å². The molecule has 1 saturated heterocycles. The standard InChI is InChI=1S/C35H44F2N8O2S/c1-20-15-45(16-21(2)47-20)17-34(11-12-34)19-46-33-41-29-24(32(42-33)44(5)18-35(43(3)4)9-6-10-35)14-40-28(27(29)37)22-7-8-25(36)30-26(22)23(13-38)31(39)48-30/h7-8,14,20-21,26,30H,6,9-12,15-19,39H2,1-5H3/t20-,21-,26?,30?/m1/s1. The van der Waals surface area contributed by atoms with Gasteiger partial charge in [-0.25, -0.2) is 8.78 Å². The summed E-state index contributed by atoms with van der Waals surface area (Å²) in [5.41, 5.74) is 6.80. The van der Waals surface area contributed by atoms with E-state index in [-0.39, 0.29) is 51.0 Å². The number of aromatic nitrogens is 3. The number of nitrogens with two attached hydrogens (primary N) is 1. The lowest BCUT2D eigenvalue weighted by Gasteiger charge is -2.49. The van der Waals surface area contributed by atoms with Gasteiger partial charge in [-0.2, -0.15) is 15.2 Å². The molecule has 7 rings (SSSR count). The second-order valence-corrected chi connectivity index (χ2v) is 15.8. The van der Waals surface area contributed by atoms with Crippen LogP contribution in [0.15, 0.2) is 34.8 Å². The van der Waals surface area contributed by atoms with Crippen LogP contribution in [-0.2, 0) is 4.74 Å². The van der Waals surface area contributed by atoms with E-state index in [9.17, 15) is 9.65 Å². The highest BCUT2D eigenvalue weighted by Crippen LogP contribution is 2.52. The minimum Gasteiger partial charge on any atom is -0.463 e. The number of halogens is 2. The van der Waals surface area contributed by atoms with Gasteiger partial charge < -0.3 is 25.0 Å². The molecule has 2 aromatic heterocycles. The second-order valence-electron chi connectivity index (χ2n) is 14.7. The zero-order valence-corrected chi connectivity index (χ0v) is 29.1. The highest BCUT2D eigenvalue weighted by Gasteiger charge is 2.47. The molecule has 0 amide bonds. The third-order valence-electron chi connectivity index (χ3n) is 10.8. The minimum absolute atomic E-state index is 0.0115. The van der Waals surface area contributed by atoms with Crippen molar-refractivity contribution in [3.05, 3.63) is 46.3 Å². The summed E-state index contributed by atoms with van der Waals surface area (Å²) in [6.45, 7) is 7.99. The molecule has 10 nitrogen and oxygen atoms in total. The summed E-state index contributed by atoms with van der Waals surface area (Å²) in [4.78, 5) is 20.9. The van der Waals surface area contributed by atoms with Crippen LogP contribution in [0, 0.1) is 28.5 Å². The number of hydrogen-bond acceptors (Lipinski definition) is 11. The molecule has 0 spiro atoms. The van der Waals surface area contributed by atoms with Crippen molar-refractivity contribution in [3.8, 4) is 12.1 Å². The number of allylic oxidation sites excluding steroid dienone is 4. The first kappa shape index (κ1) is 33.2. The van der Waals surface area contributed by atoms with Crippen molar-refractivity contribution >= 4 is 34.1 Å². The number of pyridine rings is 1. The van der Waals surface area contributed by atoms with Gasteiger partial charge in [0.2, 0.25) is 0 Å². The van der Waals surface area contributed by atoms with E-state index in [1.54, 1.807) is 6.20 Å². The Morgan fingerprint density at radius 2 is 1.85 bits per heavy atom. The fraction of sp³-hybridized carbons (Fsp3) is 0.600. The average molecular weight is 679 g/mol. The molecule has 0 radical (unpaired) electrons. The SMILES string of the molecule is C[C@@H]1CN(CC2(COc3nc(N(C)CC4(N(C)C)CCC4)c4cnc(C5=CC=C(F)C6SC(N)=C(C#N)C56)c(F)c4n3)CC2)C[C@@H](C)O1. The summed E-state index contributed by atoms with van der Waals surface area (Å²) < 4.78 is 44.0. The summed E-state index contributed by atoms with van der Waals surface area (Å²) in [5.74, 6) is -1.28. The Balaban J connectivity index is 1.24. The first-order valence-corrected chi connectivity index (χ1v) is 17.7. The fourth-order valence-corrected chi connectivity index (χ4v) is 9.07. The molecular formula is C35H44F2N8O2S. The lowest BCUT2D eigenvalue weighted by molar-refractivity contribution is -0.0741. The van der Waals surface area contributed by atoms with E-state index in [2.05, 4.69) is 58.7 Å². The average Bonchev–Trinajstić information content (AvgIpc) is 3.69. The van der Waals surface area contributed by atoms with Crippen LogP contribution in [0.4, 0.5) is 14.6 Å². The monoisotopic (exact) mass is 678 g/mol. The van der Waals surface area contributed by atoms with Gasteiger partial charge >= 0.3 is 6.01 Å². The number of rotatable bonds is 10. The number of morpholine rings is 1. The van der Waals surface area contributed by atoms with Crippen molar-refractivity contribution in [3.63, 3.8) is 0 Å². The molecule has 2 aromatic rings. The predicted molar refractivity (Wildman–Crippen MR) is 183 cm³/mol. The molecule has 13 heteroatoms. The van der Waals surface area contributed by atoms with Crippen molar-refractivity contribution in [1.29, 1.82) is 5.26 Å². The number of fused-ring (bicyclic) bond motifs is 2. The van der Waals surface area contributed by atoms with Crippen LogP contribution in [-0.4, -0.2) is 102 Å². The van der Waals surface area contributed by atoms with Crippen molar-refractivity contribution in [2.75, 3.05) is 58.8 Å². The number of nitriles is 1. The lowest BCUT2D eigenvalue weighted by Crippen LogP contribution is -2.56. The maximum Gasteiger partial charge on any atom is 0.319 e. The van der Waals surface area contributed by atoms with Gasteiger partial charge in [-0.15, -0.1) is 0 Å². The topological polar surface area (TPSA) is 117 Å². The van der Waals surface area contributed by atoms with Gasteiger partial charge in [-0.3, -0.25) is 9.88 Å². The van der Waals surface area contributed by atoms with Crippen LogP contribution in [0.5, 0.6) is 6.01 Å². The quantitative estimate of drug-likeness (QED) is 0.365. The minimum atomic E-state index is -0.747. The van der Waals surface area contributed by atoms with Crippen molar-refractivity contribution < 1.29 is 18.3 Å². The maximum absolute atomic E-state index is 16.8. The van der Waals surface area contributed by atoms with E-state index in [4.69, 9.17) is 20.2 Å². The zero-order valence-electron chi connectivity index (χ0n) is 28.3. The molecule has 3 fully saturated rings. The first-order chi connectivity index (χ1) is 22.9. The van der Waals surface area contributed by atoms with Crippen LogP contribution < -0.4 is 15.4 Å². The smallest absolute Gasteiger partial charge is 0.319 e. The van der Waals surface area contributed by atoms with Crippen LogP contribution in [0.2, 0.25) is 0 Å². The summed E-state index contributed by atoms with van der Waals surface area (Å²) in [5, 5.41) is 9.85. The van der Waals surface area contributed by atoms with Gasteiger partial charge in [-0.1, -0.05) is 17.8 Å². The van der Waals surface area contributed by atoms with Gasteiger partial charge in [-0.05, 0) is 71.7 Å². The molecule has 4 atom stereocenters. The van der Waals surface area contributed by atoms with Crippen LogP contribution in [0.25, 0.3) is 16.5 Å². The highest BCUT2D eigenvalue weighted by atomic mass is 32.2. The summed E-state index contributed by atoms with van der Waals surface area (Å²) in [7, 11) is 6.16. The Morgan fingerprint density at radius 3 is 2.48 bits per heavy atom. The van der Waals surface area contributed by atoms with Gasteiger partial charge in [0.25, 0.3) is 0 Å². The van der Waals surface area contributed by atoms with Gasteiger partial charge in [0, 0.05) is 56.3 Å². The lowest BCUT2D eigenvalue weighted by atomic mass is 9.75. The van der Waals surface area contributed by atoms with Crippen molar-refractivity contribution in [1.82, 2.24) is 24.8 Å². The summed E-state index contributed by atoms with van der Waals surface area (Å²) >= 11 is 1.08. The Morgan fingerprint density at radius 1 is 1.12 bits per heavy atom. The molecule has 2 aliphatic heterocycles. The molecule has 0 aromatic carbocycles. The summed E-state index contributed by atoms with van der Waals surface area (Å²) in [6, 6.07) is 2.23. The number of likely N-dealkylation sites (N-methyl/N-ethyl adjacent to an activating group) is 2. The third kappa shape index (κ3) is 5.95. The molecule has 2 unspecified atom stereocenters. The van der Waals surface area contributed by atoms with Gasteiger partial charge in [0.05, 0.1) is 46.1 Å². The van der Waals surface area contributed by atoms with E-state index in [1.165, 1.54) is 12.2 Å². The molecule has 3 aliphatic carbocycles. The van der Waals surface area contributed by atoms with E-state index in [1.807, 2.05) is 7.05 Å². The molecule has 5 aliphatic rings. The van der Waals surface area contributed by atoms with E-state index < -0.39 is 22.8 Å². The first-order valence-electron chi connectivity index (χ1n) is 16.8. The maximum atomic E-state index is 16.8. The molecule has 256 valence electrons. The van der Waals surface area contributed by atoms with E-state index in [0.717, 1.165) is 63.5 Å². The van der Waals surface area contributed by atoms with E-state index in [0.29, 0.717) is 29.9 Å². The number of nitrogens with zero attached hydrogens (tertiary/aromatic N) is 7. The van der Waals surface area contributed by atoms with Crippen LogP contribution in [0.1, 0.15) is 51.6 Å².